The monoisotopic (exact) mass is 468 g/mol. The molecule has 0 spiro atoms. The minimum Gasteiger partial charge on any atom is -0.489 e. The second-order valence-electron chi connectivity index (χ2n) is 6.83. The molecule has 0 atom stereocenters. The summed E-state index contributed by atoms with van der Waals surface area (Å²) in [5.41, 5.74) is 0.246. The maximum absolute atomic E-state index is 13.2. The van der Waals surface area contributed by atoms with E-state index in [4.69, 9.17) is 9.47 Å². The highest BCUT2D eigenvalue weighted by Gasteiger charge is 2.31. The summed E-state index contributed by atoms with van der Waals surface area (Å²) in [6.07, 6.45) is -4.18. The van der Waals surface area contributed by atoms with E-state index in [0.29, 0.717) is 17.1 Å². The normalized spacial score (nSPS) is 11.4. The van der Waals surface area contributed by atoms with E-state index < -0.39 is 17.6 Å². The largest absolute Gasteiger partial charge is 0.489 e. The quantitative estimate of drug-likeness (QED) is 0.352. The lowest BCUT2D eigenvalue weighted by Crippen LogP contribution is -2.15. The molecule has 0 bridgehead atoms. The first-order valence-corrected chi connectivity index (χ1v) is 10.3. The molecule has 32 heavy (non-hydrogen) atoms. The molecule has 0 fully saturated rings. The van der Waals surface area contributed by atoms with Crippen molar-refractivity contribution in [2.24, 2.45) is 0 Å². The Labute approximate surface area is 186 Å². The summed E-state index contributed by atoms with van der Waals surface area (Å²) >= 11 is 1.12. The predicted molar refractivity (Wildman–Crippen MR) is 113 cm³/mol. The minimum atomic E-state index is -4.58. The van der Waals surface area contributed by atoms with Gasteiger partial charge < -0.3 is 14.8 Å². The number of anilines is 1. The van der Waals surface area contributed by atoms with Crippen molar-refractivity contribution in [2.75, 3.05) is 25.6 Å². The van der Waals surface area contributed by atoms with E-state index in [1.807, 2.05) is 0 Å². The summed E-state index contributed by atoms with van der Waals surface area (Å²) in [5, 5.41) is 3.13. The van der Waals surface area contributed by atoms with Gasteiger partial charge in [0.25, 0.3) is 5.91 Å². The number of rotatable bonds is 8. The van der Waals surface area contributed by atoms with Gasteiger partial charge in [0.15, 0.2) is 0 Å². The molecule has 1 N–H and O–H groups in total. The maximum atomic E-state index is 13.2. The Balaban J connectivity index is 1.82. The molecule has 1 amide bonds. The van der Waals surface area contributed by atoms with Crippen LogP contribution in [0.3, 0.4) is 0 Å². The highest BCUT2D eigenvalue weighted by Crippen LogP contribution is 2.35. The Morgan fingerprint density at radius 3 is 2.50 bits per heavy atom. The molecule has 0 aliphatic carbocycles. The summed E-state index contributed by atoms with van der Waals surface area (Å²) in [7, 11) is 1.47. The van der Waals surface area contributed by atoms with Gasteiger partial charge in [-0.25, -0.2) is 9.37 Å². The molecule has 0 aliphatic rings. The number of nitrogens with one attached hydrogen (secondary N) is 1. The van der Waals surface area contributed by atoms with E-state index in [9.17, 15) is 22.4 Å². The van der Waals surface area contributed by atoms with Crippen LogP contribution in [0.2, 0.25) is 0 Å². The Bertz CT molecular complexity index is 1080. The van der Waals surface area contributed by atoms with E-state index in [1.54, 1.807) is 19.1 Å². The van der Waals surface area contributed by atoms with Crippen LogP contribution in [0.25, 0.3) is 0 Å². The number of aromatic nitrogens is 1. The van der Waals surface area contributed by atoms with Crippen molar-refractivity contribution in [2.45, 2.75) is 19.5 Å². The van der Waals surface area contributed by atoms with Gasteiger partial charge in [-0.15, -0.1) is 11.3 Å². The van der Waals surface area contributed by atoms with Gasteiger partial charge in [0.2, 0.25) is 0 Å². The summed E-state index contributed by atoms with van der Waals surface area (Å²) in [4.78, 5) is 17.5. The summed E-state index contributed by atoms with van der Waals surface area (Å²) in [6.45, 7) is 1.98. The first kappa shape index (κ1) is 23.7. The van der Waals surface area contributed by atoms with Crippen molar-refractivity contribution < 1.29 is 31.8 Å². The lowest BCUT2D eigenvalue weighted by Gasteiger charge is -2.15. The number of benzene rings is 2. The Kier molecular flexibility index (Phi) is 7.47. The standard InChI is InChI=1S/C22H20F4N2O3S/c1-13-20(32-19(27-13)11-14-3-6-16(23)7-4-14)21(29)28-17-12-15(22(24,25)26)5-8-18(17)31-10-9-30-2/h3-8,12H,9-11H2,1-2H3,(H,28,29). The number of hydrogen-bond donors (Lipinski definition) is 1. The molecular weight excluding hydrogens is 448 g/mol. The number of methoxy groups -OCH3 is 1. The summed E-state index contributed by atoms with van der Waals surface area (Å²) < 4.78 is 62.9. The van der Waals surface area contributed by atoms with Gasteiger partial charge in [-0.3, -0.25) is 4.79 Å². The molecule has 3 rings (SSSR count). The van der Waals surface area contributed by atoms with Crippen LogP contribution < -0.4 is 10.1 Å². The van der Waals surface area contributed by atoms with Crippen LogP contribution in [-0.2, 0) is 17.3 Å². The van der Waals surface area contributed by atoms with E-state index >= 15 is 0 Å². The van der Waals surface area contributed by atoms with Crippen LogP contribution >= 0.6 is 11.3 Å². The SMILES string of the molecule is COCCOc1ccc(C(F)(F)F)cc1NC(=O)c1sc(Cc2ccc(F)cc2)nc1C. The number of amides is 1. The first-order valence-electron chi connectivity index (χ1n) is 9.52. The number of alkyl halides is 3. The predicted octanol–water partition coefficient (Wildman–Crippen LogP) is 5.48. The third-order valence-electron chi connectivity index (χ3n) is 4.42. The van der Waals surface area contributed by atoms with Crippen LogP contribution in [0.15, 0.2) is 42.5 Å². The molecule has 3 aromatic rings. The average molecular weight is 468 g/mol. The molecule has 1 aromatic heterocycles. The average Bonchev–Trinajstić information content (AvgIpc) is 3.10. The van der Waals surface area contributed by atoms with Crippen molar-refractivity contribution in [3.8, 4) is 5.75 Å². The van der Waals surface area contributed by atoms with Crippen molar-refractivity contribution in [3.63, 3.8) is 0 Å². The zero-order valence-corrected chi connectivity index (χ0v) is 18.1. The zero-order valence-electron chi connectivity index (χ0n) is 17.3. The lowest BCUT2D eigenvalue weighted by atomic mass is 10.1. The molecule has 0 aliphatic heterocycles. The molecule has 0 saturated heterocycles. The van der Waals surface area contributed by atoms with Crippen molar-refractivity contribution in [1.29, 1.82) is 0 Å². The van der Waals surface area contributed by atoms with Crippen molar-refractivity contribution in [1.82, 2.24) is 4.98 Å². The molecule has 2 aromatic carbocycles. The van der Waals surface area contributed by atoms with Gasteiger partial charge in [-0.2, -0.15) is 13.2 Å². The number of carbonyl (C=O) groups is 1. The van der Waals surface area contributed by atoms with Crippen LogP contribution in [0.1, 0.15) is 31.5 Å². The Morgan fingerprint density at radius 1 is 1.12 bits per heavy atom. The second kappa shape index (κ2) is 10.1. The molecule has 0 saturated carbocycles. The fourth-order valence-electron chi connectivity index (χ4n) is 2.86. The molecule has 0 unspecified atom stereocenters. The topological polar surface area (TPSA) is 60.5 Å². The van der Waals surface area contributed by atoms with E-state index in [-0.39, 0.29) is 35.3 Å². The number of nitrogens with zero attached hydrogens (tertiary/aromatic N) is 1. The van der Waals surface area contributed by atoms with E-state index in [0.717, 1.165) is 35.1 Å². The third kappa shape index (κ3) is 6.04. The van der Waals surface area contributed by atoms with Crippen molar-refractivity contribution in [3.05, 3.63) is 75.0 Å². The number of ether oxygens (including phenoxy) is 2. The van der Waals surface area contributed by atoms with Gasteiger partial charge in [-0.1, -0.05) is 12.1 Å². The van der Waals surface area contributed by atoms with Crippen LogP contribution in [0.5, 0.6) is 5.75 Å². The molecular formula is C22H20F4N2O3S. The number of aryl methyl sites for hydroxylation is 1. The van der Waals surface area contributed by atoms with Gasteiger partial charge in [0.05, 0.1) is 28.6 Å². The zero-order chi connectivity index (χ0) is 23.3. The van der Waals surface area contributed by atoms with Crippen LogP contribution in [-0.4, -0.2) is 31.2 Å². The highest BCUT2D eigenvalue weighted by molar-refractivity contribution is 7.14. The molecule has 10 heteroatoms. The van der Waals surface area contributed by atoms with Gasteiger partial charge in [-0.05, 0) is 42.8 Å². The van der Waals surface area contributed by atoms with Gasteiger partial charge >= 0.3 is 6.18 Å². The molecule has 5 nitrogen and oxygen atoms in total. The number of halogens is 4. The maximum Gasteiger partial charge on any atom is 0.416 e. The molecule has 170 valence electrons. The fourth-order valence-corrected chi connectivity index (χ4v) is 3.85. The second-order valence-corrected chi connectivity index (χ2v) is 7.91. The molecule has 1 heterocycles. The number of carbonyl (C=O) groups excluding carboxylic acids is 1. The van der Waals surface area contributed by atoms with Gasteiger partial charge in [0, 0.05) is 13.5 Å². The minimum absolute atomic E-state index is 0.0945. The van der Waals surface area contributed by atoms with Crippen LogP contribution in [0, 0.1) is 12.7 Å². The smallest absolute Gasteiger partial charge is 0.416 e. The Morgan fingerprint density at radius 2 is 1.84 bits per heavy atom. The number of hydrogen-bond acceptors (Lipinski definition) is 5. The van der Waals surface area contributed by atoms with Gasteiger partial charge in [0.1, 0.15) is 23.1 Å². The summed E-state index contributed by atoms with van der Waals surface area (Å²) in [5.74, 6) is -0.855. The lowest BCUT2D eigenvalue weighted by molar-refractivity contribution is -0.137. The fraction of sp³-hybridized carbons (Fsp3) is 0.273. The third-order valence-corrected chi connectivity index (χ3v) is 5.57. The van der Waals surface area contributed by atoms with Crippen molar-refractivity contribution >= 4 is 22.9 Å². The van der Waals surface area contributed by atoms with E-state index in [1.165, 1.54) is 19.2 Å². The van der Waals surface area contributed by atoms with E-state index in [2.05, 4.69) is 10.3 Å². The Hall–Kier alpha value is -2.98. The number of thiazole rings is 1. The first-order chi connectivity index (χ1) is 15.2. The molecule has 0 radical (unpaired) electrons. The summed E-state index contributed by atoms with van der Waals surface area (Å²) in [6, 6.07) is 8.79. The highest BCUT2D eigenvalue weighted by atomic mass is 32.1. The van der Waals surface area contributed by atoms with Crippen LogP contribution in [0.4, 0.5) is 23.2 Å².